The highest BCUT2D eigenvalue weighted by atomic mass is 15.1. The van der Waals surface area contributed by atoms with Gasteiger partial charge in [0.2, 0.25) is 0 Å². The van der Waals surface area contributed by atoms with Crippen LogP contribution in [-0.4, -0.2) is 4.57 Å². The van der Waals surface area contributed by atoms with Gasteiger partial charge in [0.25, 0.3) is 5.82 Å². The summed E-state index contributed by atoms with van der Waals surface area (Å²) in [6.45, 7) is 5.82. The minimum absolute atomic E-state index is 1.21. The van der Waals surface area contributed by atoms with Crippen LogP contribution < -0.4 is 4.57 Å². The summed E-state index contributed by atoms with van der Waals surface area (Å²) in [5.41, 5.74) is 0. The summed E-state index contributed by atoms with van der Waals surface area (Å²) in [7, 11) is 2.23. The van der Waals surface area contributed by atoms with Crippen LogP contribution in [0.3, 0.4) is 0 Å². The molecule has 2 heteroatoms. The van der Waals surface area contributed by atoms with E-state index in [1.807, 2.05) is 0 Å². The summed E-state index contributed by atoms with van der Waals surface area (Å²) >= 11 is 0. The minimum atomic E-state index is 1.21. The van der Waals surface area contributed by atoms with Crippen LogP contribution in [0.1, 0.15) is 180 Å². The fourth-order valence-electron chi connectivity index (χ4n) is 5.50. The Morgan fingerprint density at radius 2 is 0.829 bits per heavy atom. The van der Waals surface area contributed by atoms with Gasteiger partial charge >= 0.3 is 0 Å². The Kier molecular flexibility index (Phi) is 22.9. The number of imidazole rings is 1. The number of aryl methyl sites for hydroxylation is 2. The zero-order valence-corrected chi connectivity index (χ0v) is 24.6. The molecule has 0 aromatic carbocycles. The van der Waals surface area contributed by atoms with E-state index in [0.717, 1.165) is 0 Å². The number of nitrogens with zero attached hydrogens (tertiary/aromatic N) is 2. The first kappa shape index (κ1) is 32.2. The quantitative estimate of drug-likeness (QED) is 0.0858. The highest BCUT2D eigenvalue weighted by Gasteiger charge is 2.13. The summed E-state index contributed by atoms with van der Waals surface area (Å²) in [6, 6.07) is 0. The van der Waals surface area contributed by atoms with Gasteiger partial charge in [-0.1, -0.05) is 155 Å². The third kappa shape index (κ3) is 19.0. The maximum Gasteiger partial charge on any atom is 0.256 e. The first-order valence-corrected chi connectivity index (χ1v) is 16.3. The molecule has 0 fully saturated rings. The maximum absolute atomic E-state index is 2.54. The lowest BCUT2D eigenvalue weighted by atomic mass is 10.0. The van der Waals surface area contributed by atoms with E-state index in [1.165, 1.54) is 179 Å². The fourth-order valence-corrected chi connectivity index (χ4v) is 5.50. The van der Waals surface area contributed by atoms with Crippen molar-refractivity contribution >= 4 is 0 Å². The molecule has 1 aromatic rings. The van der Waals surface area contributed by atoms with Crippen LogP contribution in [0.4, 0.5) is 0 Å². The summed E-state index contributed by atoms with van der Waals surface area (Å²) in [6.07, 6.45) is 41.7. The highest BCUT2D eigenvalue weighted by Crippen LogP contribution is 2.15. The SMILES string of the molecule is CCCCCCCCCCCCCCCCc1n(CCCCCCCCCCCCC)cc[n+]1C. The zero-order chi connectivity index (χ0) is 25.2. The monoisotopic (exact) mass is 490 g/mol. The lowest BCUT2D eigenvalue weighted by Gasteiger charge is -2.05. The molecule has 0 amide bonds. The van der Waals surface area contributed by atoms with Crippen molar-refractivity contribution in [2.75, 3.05) is 0 Å². The van der Waals surface area contributed by atoms with Crippen LogP contribution in [0.2, 0.25) is 0 Å². The van der Waals surface area contributed by atoms with Gasteiger partial charge in [0.05, 0.1) is 13.6 Å². The lowest BCUT2D eigenvalue weighted by molar-refractivity contribution is -0.678. The van der Waals surface area contributed by atoms with Gasteiger partial charge in [-0.3, -0.25) is 0 Å². The Hall–Kier alpha value is -0.790. The second-order valence-corrected chi connectivity index (χ2v) is 11.4. The summed E-state index contributed by atoms with van der Waals surface area (Å²) in [5.74, 6) is 1.54. The molecule has 2 nitrogen and oxygen atoms in total. The van der Waals surface area contributed by atoms with Crippen molar-refractivity contribution in [3.63, 3.8) is 0 Å². The molecule has 35 heavy (non-hydrogen) atoms. The number of rotatable bonds is 27. The van der Waals surface area contributed by atoms with E-state index in [2.05, 4.69) is 42.4 Å². The second kappa shape index (κ2) is 24.9. The molecule has 1 rings (SSSR count). The Balaban J connectivity index is 1.95. The molecule has 1 aromatic heterocycles. The van der Waals surface area contributed by atoms with Gasteiger partial charge in [-0.2, -0.15) is 0 Å². The van der Waals surface area contributed by atoms with Crippen LogP contribution in [0.15, 0.2) is 12.4 Å². The lowest BCUT2D eigenvalue weighted by Crippen LogP contribution is -2.32. The van der Waals surface area contributed by atoms with E-state index in [1.54, 1.807) is 0 Å². The number of unbranched alkanes of at least 4 members (excludes halogenated alkanes) is 23. The first-order valence-electron chi connectivity index (χ1n) is 16.3. The summed E-state index contributed by atoms with van der Waals surface area (Å²) < 4.78 is 4.90. The van der Waals surface area contributed by atoms with Crippen molar-refractivity contribution in [3.05, 3.63) is 18.2 Å². The largest absolute Gasteiger partial charge is 0.256 e. The van der Waals surface area contributed by atoms with Crippen molar-refractivity contribution in [2.45, 2.75) is 187 Å². The molecule has 0 spiro atoms. The van der Waals surface area contributed by atoms with Crippen molar-refractivity contribution in [1.29, 1.82) is 0 Å². The van der Waals surface area contributed by atoms with Crippen LogP contribution in [0.5, 0.6) is 0 Å². The van der Waals surface area contributed by atoms with Crippen molar-refractivity contribution in [1.82, 2.24) is 4.57 Å². The van der Waals surface area contributed by atoms with Crippen molar-refractivity contribution < 1.29 is 4.57 Å². The average molecular weight is 490 g/mol. The summed E-state index contributed by atoms with van der Waals surface area (Å²) in [5, 5.41) is 0. The molecule has 0 unspecified atom stereocenters. The first-order chi connectivity index (χ1) is 17.3. The predicted molar refractivity (Wildman–Crippen MR) is 156 cm³/mol. The van der Waals surface area contributed by atoms with Gasteiger partial charge in [-0.15, -0.1) is 0 Å². The predicted octanol–water partition coefficient (Wildman–Crippen LogP) is 10.6. The van der Waals surface area contributed by atoms with Gasteiger partial charge in [0, 0.05) is 6.42 Å². The molecule has 0 aliphatic carbocycles. The standard InChI is InChI=1S/C33H65N2/c1-4-6-8-10-12-14-16-17-18-19-21-23-25-27-29-33-34(3)31-32-35(33)30-28-26-24-22-20-15-13-11-9-7-5-2/h31-32H,4-30H2,1-3H3/q+1. The van der Waals surface area contributed by atoms with Crippen LogP contribution >= 0.6 is 0 Å². The van der Waals surface area contributed by atoms with Crippen LogP contribution in [-0.2, 0) is 20.0 Å². The van der Waals surface area contributed by atoms with E-state index in [4.69, 9.17) is 0 Å². The Morgan fingerprint density at radius 3 is 1.23 bits per heavy atom. The molecule has 206 valence electrons. The van der Waals surface area contributed by atoms with E-state index in [-0.39, 0.29) is 0 Å². The highest BCUT2D eigenvalue weighted by molar-refractivity contribution is 4.84. The molecule has 0 saturated heterocycles. The third-order valence-electron chi connectivity index (χ3n) is 7.97. The Labute approximate surface area is 221 Å². The Morgan fingerprint density at radius 1 is 0.486 bits per heavy atom. The van der Waals surface area contributed by atoms with E-state index in [9.17, 15) is 0 Å². The normalized spacial score (nSPS) is 11.5. The number of hydrogen-bond donors (Lipinski definition) is 0. The van der Waals surface area contributed by atoms with Gasteiger partial charge in [0.1, 0.15) is 12.4 Å². The van der Waals surface area contributed by atoms with E-state index in [0.29, 0.717) is 0 Å². The van der Waals surface area contributed by atoms with Gasteiger partial charge < -0.3 is 0 Å². The van der Waals surface area contributed by atoms with Crippen LogP contribution in [0.25, 0.3) is 0 Å². The molecule has 0 atom stereocenters. The molecular formula is C33H65N2+. The van der Waals surface area contributed by atoms with E-state index < -0.39 is 0 Å². The second-order valence-electron chi connectivity index (χ2n) is 11.4. The van der Waals surface area contributed by atoms with Gasteiger partial charge in [-0.05, 0) is 19.3 Å². The third-order valence-corrected chi connectivity index (χ3v) is 7.97. The van der Waals surface area contributed by atoms with Gasteiger partial charge in [-0.25, -0.2) is 9.13 Å². The van der Waals surface area contributed by atoms with Crippen molar-refractivity contribution in [3.8, 4) is 0 Å². The molecule has 0 N–H and O–H groups in total. The molecule has 0 radical (unpaired) electrons. The smallest absolute Gasteiger partial charge is 0.237 e. The average Bonchev–Trinajstić information content (AvgIpc) is 3.21. The Bertz CT molecular complexity index is 547. The summed E-state index contributed by atoms with van der Waals surface area (Å²) in [4.78, 5) is 0. The zero-order valence-electron chi connectivity index (χ0n) is 24.6. The molecule has 0 saturated carbocycles. The number of hydrogen-bond acceptors (Lipinski definition) is 0. The molecular weight excluding hydrogens is 424 g/mol. The fraction of sp³-hybridized carbons (Fsp3) is 0.909. The van der Waals surface area contributed by atoms with Crippen LogP contribution in [0, 0.1) is 0 Å². The number of aromatic nitrogens is 2. The van der Waals surface area contributed by atoms with Gasteiger partial charge in [0.15, 0.2) is 0 Å². The minimum Gasteiger partial charge on any atom is -0.237 e. The topological polar surface area (TPSA) is 8.81 Å². The maximum atomic E-state index is 2.54. The molecule has 0 bridgehead atoms. The molecule has 0 aliphatic heterocycles. The molecule has 1 heterocycles. The molecule has 0 aliphatic rings. The van der Waals surface area contributed by atoms with E-state index >= 15 is 0 Å². The van der Waals surface area contributed by atoms with Crippen molar-refractivity contribution in [2.24, 2.45) is 7.05 Å².